The zero-order chi connectivity index (χ0) is 31.5. The van der Waals surface area contributed by atoms with E-state index in [-0.39, 0.29) is 0 Å². The smallest absolute Gasteiger partial charge is 0.455 e. The summed E-state index contributed by atoms with van der Waals surface area (Å²) in [4.78, 5) is 10.0. The van der Waals surface area contributed by atoms with Gasteiger partial charge in [-0.05, 0) is 50.9 Å². The predicted molar refractivity (Wildman–Crippen MR) is 187 cm³/mol. The molecule has 5 aromatic carbocycles. The molecule has 1 aliphatic rings. The molecule has 7 aromatic rings. The van der Waals surface area contributed by atoms with Crippen molar-refractivity contribution >= 4 is 34.5 Å². The van der Waals surface area contributed by atoms with Crippen molar-refractivity contribution in [2.45, 2.75) is 38.9 Å². The number of furan rings is 1. The zero-order valence-electron chi connectivity index (χ0n) is 26.3. The molecule has 0 saturated carbocycles. The maximum Gasteiger partial charge on any atom is 0.494 e. The lowest BCUT2D eigenvalue weighted by atomic mass is 9.79. The third-order valence-electron chi connectivity index (χ3n) is 9.39. The van der Waals surface area contributed by atoms with Gasteiger partial charge in [0.2, 0.25) is 0 Å². The topological polar surface area (TPSA) is 57.4 Å². The Morgan fingerprint density at radius 1 is 0.522 bits per heavy atom. The summed E-state index contributed by atoms with van der Waals surface area (Å²) < 4.78 is 18.9. The predicted octanol–water partition coefficient (Wildman–Crippen LogP) is 9.34. The Morgan fingerprint density at radius 3 is 1.76 bits per heavy atom. The van der Waals surface area contributed by atoms with Gasteiger partial charge in [-0.3, -0.25) is 0 Å². The van der Waals surface area contributed by atoms with Gasteiger partial charge in [0.05, 0.1) is 22.6 Å². The Labute approximate surface area is 269 Å². The molecule has 0 N–H and O–H groups in total. The van der Waals surface area contributed by atoms with Crippen LogP contribution in [0.2, 0.25) is 0 Å². The molecule has 0 spiro atoms. The van der Waals surface area contributed by atoms with Gasteiger partial charge in [-0.1, -0.05) is 115 Å². The van der Waals surface area contributed by atoms with Crippen molar-refractivity contribution in [2.24, 2.45) is 0 Å². The van der Waals surface area contributed by atoms with Crippen LogP contribution >= 0.6 is 0 Å². The molecule has 0 radical (unpaired) electrons. The van der Waals surface area contributed by atoms with Crippen LogP contribution in [0.4, 0.5) is 0 Å². The largest absolute Gasteiger partial charge is 0.494 e. The minimum Gasteiger partial charge on any atom is -0.455 e. The SMILES string of the molecule is CC1(C)OB(c2ccc(-c3cc(-c4ccc(-c5cccc6c5oc5ccccc56)cc4)nc(-c4ccccc4)n3)cc2)OC1(C)C. The third-order valence-corrected chi connectivity index (χ3v) is 9.39. The molecule has 1 fully saturated rings. The molecule has 0 aliphatic carbocycles. The highest BCUT2D eigenvalue weighted by Crippen LogP contribution is 2.38. The van der Waals surface area contributed by atoms with Crippen molar-refractivity contribution in [3.8, 4) is 45.0 Å². The van der Waals surface area contributed by atoms with E-state index in [9.17, 15) is 0 Å². The van der Waals surface area contributed by atoms with E-state index in [1.807, 2.05) is 48.5 Å². The number of nitrogens with zero attached hydrogens (tertiary/aromatic N) is 2. The van der Waals surface area contributed by atoms with E-state index in [0.717, 1.165) is 66.6 Å². The first kappa shape index (κ1) is 28.4. The molecule has 0 amide bonds. The van der Waals surface area contributed by atoms with Crippen LogP contribution in [0.5, 0.6) is 0 Å². The van der Waals surface area contributed by atoms with Gasteiger partial charge < -0.3 is 13.7 Å². The maximum atomic E-state index is 6.31. The van der Waals surface area contributed by atoms with Crippen molar-refractivity contribution in [3.05, 3.63) is 127 Å². The lowest BCUT2D eigenvalue weighted by Gasteiger charge is -2.32. The van der Waals surface area contributed by atoms with Crippen LogP contribution in [0, 0.1) is 0 Å². The summed E-state index contributed by atoms with van der Waals surface area (Å²) in [5.41, 5.74) is 8.82. The van der Waals surface area contributed by atoms with Crippen LogP contribution in [0.1, 0.15) is 27.7 Å². The van der Waals surface area contributed by atoms with Crippen molar-refractivity contribution in [2.75, 3.05) is 0 Å². The fourth-order valence-electron chi connectivity index (χ4n) is 6.04. The number of rotatable bonds is 5. The molecule has 6 heteroatoms. The fourth-order valence-corrected chi connectivity index (χ4v) is 6.04. The molecular formula is C40H33BN2O3. The Bertz CT molecular complexity index is 2190. The molecule has 2 aromatic heterocycles. The summed E-state index contributed by atoms with van der Waals surface area (Å²) in [6.07, 6.45) is 0. The molecule has 224 valence electrons. The Kier molecular flexibility index (Phi) is 6.68. The fraction of sp³-hybridized carbons (Fsp3) is 0.150. The van der Waals surface area contributed by atoms with Crippen LogP contribution in [-0.2, 0) is 9.31 Å². The van der Waals surface area contributed by atoms with Crippen LogP contribution in [-0.4, -0.2) is 28.3 Å². The van der Waals surface area contributed by atoms with Gasteiger partial charge in [0.15, 0.2) is 5.82 Å². The van der Waals surface area contributed by atoms with E-state index >= 15 is 0 Å². The lowest BCUT2D eigenvalue weighted by Crippen LogP contribution is -2.41. The first-order valence-electron chi connectivity index (χ1n) is 15.7. The molecule has 8 rings (SSSR count). The van der Waals surface area contributed by atoms with E-state index in [0.29, 0.717) is 5.82 Å². The van der Waals surface area contributed by atoms with Crippen LogP contribution in [0.25, 0.3) is 67.0 Å². The quantitative estimate of drug-likeness (QED) is 0.184. The Morgan fingerprint density at radius 2 is 1.09 bits per heavy atom. The highest BCUT2D eigenvalue weighted by atomic mass is 16.7. The second-order valence-corrected chi connectivity index (χ2v) is 12.9. The second-order valence-electron chi connectivity index (χ2n) is 12.9. The number of hydrogen-bond acceptors (Lipinski definition) is 5. The summed E-state index contributed by atoms with van der Waals surface area (Å²) in [6, 6.07) is 43.5. The van der Waals surface area contributed by atoms with Crippen molar-refractivity contribution in [1.82, 2.24) is 9.97 Å². The zero-order valence-corrected chi connectivity index (χ0v) is 26.3. The maximum absolute atomic E-state index is 6.31. The standard InChI is InChI=1S/C40H33BN2O3/c1-39(2)40(3,4)46-41(45-39)30-23-21-28(22-24-30)35-25-34(42-38(43-35)29-11-6-5-7-12-29)27-19-17-26(18-20-27)31-14-10-15-33-32-13-8-9-16-36(32)44-37(31)33/h5-25H,1-4H3. The molecule has 1 aliphatic heterocycles. The van der Waals surface area contributed by atoms with E-state index in [1.54, 1.807) is 0 Å². The molecule has 0 atom stereocenters. The van der Waals surface area contributed by atoms with Crippen molar-refractivity contribution in [1.29, 1.82) is 0 Å². The molecule has 46 heavy (non-hydrogen) atoms. The van der Waals surface area contributed by atoms with Gasteiger partial charge in [0, 0.05) is 33.0 Å². The summed E-state index contributed by atoms with van der Waals surface area (Å²) >= 11 is 0. The normalized spacial score (nSPS) is 15.5. The summed E-state index contributed by atoms with van der Waals surface area (Å²) in [6.45, 7) is 8.28. The van der Waals surface area contributed by atoms with E-state index < -0.39 is 18.3 Å². The number of hydrogen-bond donors (Lipinski definition) is 0. The van der Waals surface area contributed by atoms with Gasteiger partial charge in [0.1, 0.15) is 11.2 Å². The van der Waals surface area contributed by atoms with Gasteiger partial charge in [-0.25, -0.2) is 9.97 Å². The molecule has 1 saturated heterocycles. The number of benzene rings is 5. The van der Waals surface area contributed by atoms with Gasteiger partial charge in [-0.15, -0.1) is 0 Å². The number of para-hydroxylation sites is 2. The lowest BCUT2D eigenvalue weighted by molar-refractivity contribution is 0.00578. The Hall–Kier alpha value is -5.04. The van der Waals surface area contributed by atoms with E-state index in [4.69, 9.17) is 23.7 Å². The van der Waals surface area contributed by atoms with Crippen LogP contribution in [0.3, 0.4) is 0 Å². The number of fused-ring (bicyclic) bond motifs is 3. The molecule has 0 bridgehead atoms. The van der Waals surface area contributed by atoms with Crippen molar-refractivity contribution < 1.29 is 13.7 Å². The highest BCUT2D eigenvalue weighted by Gasteiger charge is 2.51. The third kappa shape index (κ3) is 4.91. The summed E-state index contributed by atoms with van der Waals surface area (Å²) in [5, 5.41) is 2.25. The van der Waals surface area contributed by atoms with Gasteiger partial charge in [0.25, 0.3) is 0 Å². The Balaban J connectivity index is 1.16. The molecule has 3 heterocycles. The van der Waals surface area contributed by atoms with Crippen molar-refractivity contribution in [3.63, 3.8) is 0 Å². The second kappa shape index (κ2) is 10.8. The van der Waals surface area contributed by atoms with Gasteiger partial charge in [-0.2, -0.15) is 0 Å². The highest BCUT2D eigenvalue weighted by molar-refractivity contribution is 6.62. The first-order chi connectivity index (χ1) is 22.3. The van der Waals surface area contributed by atoms with Crippen LogP contribution < -0.4 is 5.46 Å². The number of aromatic nitrogens is 2. The molecular weight excluding hydrogens is 567 g/mol. The monoisotopic (exact) mass is 600 g/mol. The van der Waals surface area contributed by atoms with E-state index in [2.05, 4.69) is 107 Å². The molecule has 5 nitrogen and oxygen atoms in total. The minimum absolute atomic E-state index is 0.392. The average molecular weight is 601 g/mol. The van der Waals surface area contributed by atoms with Gasteiger partial charge >= 0.3 is 7.12 Å². The van der Waals surface area contributed by atoms with Crippen LogP contribution in [0.15, 0.2) is 132 Å². The minimum atomic E-state index is -0.413. The summed E-state index contributed by atoms with van der Waals surface area (Å²) in [5.74, 6) is 0.680. The van der Waals surface area contributed by atoms with E-state index in [1.165, 1.54) is 0 Å². The first-order valence-corrected chi connectivity index (χ1v) is 15.7. The molecule has 0 unspecified atom stereocenters. The average Bonchev–Trinajstić information content (AvgIpc) is 3.57. The summed E-state index contributed by atoms with van der Waals surface area (Å²) in [7, 11) is -0.413.